The van der Waals surface area contributed by atoms with Gasteiger partial charge in [0.05, 0.1) is 6.10 Å². The highest BCUT2D eigenvalue weighted by Gasteiger charge is 2.16. The van der Waals surface area contributed by atoms with Crippen molar-refractivity contribution in [2.75, 3.05) is 0 Å². The molecule has 0 aromatic heterocycles. The Morgan fingerprint density at radius 2 is 2.12 bits per heavy atom. The van der Waals surface area contributed by atoms with Crippen LogP contribution in [0.2, 0.25) is 0 Å². The maximum atomic E-state index is 6.02. The van der Waals surface area contributed by atoms with E-state index in [1.807, 2.05) is 12.1 Å². The van der Waals surface area contributed by atoms with E-state index in [0.717, 1.165) is 12.2 Å². The standard InChI is InChI=1S/C14H21NO/c1-2-14(15)11-6-5-9-13(10-11)16-12-7-3-4-8-12/h5-6,9-10,12,14H,2-4,7-8,15H2,1H3. The molecule has 0 bridgehead atoms. The van der Waals surface area contributed by atoms with Crippen molar-refractivity contribution in [3.05, 3.63) is 29.8 Å². The fourth-order valence-electron chi connectivity index (χ4n) is 2.25. The molecule has 1 aliphatic carbocycles. The van der Waals surface area contributed by atoms with E-state index < -0.39 is 0 Å². The van der Waals surface area contributed by atoms with Crippen LogP contribution in [0.25, 0.3) is 0 Å². The quantitative estimate of drug-likeness (QED) is 0.842. The minimum Gasteiger partial charge on any atom is -0.490 e. The molecule has 0 spiro atoms. The van der Waals surface area contributed by atoms with Gasteiger partial charge in [-0.2, -0.15) is 0 Å². The third kappa shape index (κ3) is 2.76. The summed E-state index contributed by atoms with van der Waals surface area (Å²) in [4.78, 5) is 0. The first kappa shape index (κ1) is 11.5. The minimum atomic E-state index is 0.132. The van der Waals surface area contributed by atoms with Gasteiger partial charge < -0.3 is 10.5 Å². The number of hydrogen-bond donors (Lipinski definition) is 1. The molecule has 2 heteroatoms. The predicted octanol–water partition coefficient (Wildman–Crippen LogP) is 3.42. The summed E-state index contributed by atoms with van der Waals surface area (Å²) >= 11 is 0. The fraction of sp³-hybridized carbons (Fsp3) is 0.571. The number of nitrogens with two attached hydrogens (primary N) is 1. The van der Waals surface area contributed by atoms with E-state index in [-0.39, 0.29) is 6.04 Å². The molecule has 1 atom stereocenters. The van der Waals surface area contributed by atoms with Crippen molar-refractivity contribution in [3.8, 4) is 5.75 Å². The molecule has 2 rings (SSSR count). The SMILES string of the molecule is CCC(N)c1cccc(OC2CCCC2)c1. The lowest BCUT2D eigenvalue weighted by Crippen LogP contribution is -2.12. The molecule has 1 aromatic carbocycles. The molecule has 1 unspecified atom stereocenters. The lowest BCUT2D eigenvalue weighted by atomic mass is 10.1. The van der Waals surface area contributed by atoms with Crippen LogP contribution in [0.5, 0.6) is 5.75 Å². The summed E-state index contributed by atoms with van der Waals surface area (Å²) in [5, 5.41) is 0. The van der Waals surface area contributed by atoms with Crippen LogP contribution in [-0.4, -0.2) is 6.10 Å². The summed E-state index contributed by atoms with van der Waals surface area (Å²) < 4.78 is 5.96. The molecule has 2 nitrogen and oxygen atoms in total. The molecule has 0 aliphatic heterocycles. The number of benzene rings is 1. The first-order chi connectivity index (χ1) is 7.79. The maximum Gasteiger partial charge on any atom is 0.120 e. The Morgan fingerprint density at radius 1 is 1.38 bits per heavy atom. The predicted molar refractivity (Wildman–Crippen MR) is 66.5 cm³/mol. The third-order valence-electron chi connectivity index (χ3n) is 3.33. The van der Waals surface area contributed by atoms with Crippen LogP contribution < -0.4 is 10.5 Å². The minimum absolute atomic E-state index is 0.132. The molecule has 1 saturated carbocycles. The smallest absolute Gasteiger partial charge is 0.120 e. The topological polar surface area (TPSA) is 35.2 Å². The number of hydrogen-bond acceptors (Lipinski definition) is 2. The van der Waals surface area contributed by atoms with Crippen molar-refractivity contribution in [3.63, 3.8) is 0 Å². The van der Waals surface area contributed by atoms with Crippen LogP contribution in [0.1, 0.15) is 50.6 Å². The van der Waals surface area contributed by atoms with Gasteiger partial charge in [-0.05, 0) is 49.8 Å². The molecule has 0 saturated heterocycles. The zero-order valence-electron chi connectivity index (χ0n) is 9.99. The lowest BCUT2D eigenvalue weighted by molar-refractivity contribution is 0.210. The third-order valence-corrected chi connectivity index (χ3v) is 3.33. The van der Waals surface area contributed by atoms with E-state index >= 15 is 0 Å². The Labute approximate surface area is 97.8 Å². The van der Waals surface area contributed by atoms with Crippen LogP contribution in [0.4, 0.5) is 0 Å². The molecule has 1 fully saturated rings. The van der Waals surface area contributed by atoms with Gasteiger partial charge in [0.2, 0.25) is 0 Å². The second-order valence-electron chi connectivity index (χ2n) is 4.61. The number of rotatable bonds is 4. The average Bonchev–Trinajstić information content (AvgIpc) is 2.81. The van der Waals surface area contributed by atoms with Gasteiger partial charge in [0.15, 0.2) is 0 Å². The molecule has 1 aromatic rings. The van der Waals surface area contributed by atoms with Gasteiger partial charge in [-0.15, -0.1) is 0 Å². The molecule has 88 valence electrons. The first-order valence-electron chi connectivity index (χ1n) is 6.32. The average molecular weight is 219 g/mol. The molecule has 1 aliphatic rings. The van der Waals surface area contributed by atoms with Crippen molar-refractivity contribution < 1.29 is 4.74 Å². The molecule has 0 amide bonds. The largest absolute Gasteiger partial charge is 0.490 e. The highest BCUT2D eigenvalue weighted by molar-refractivity contribution is 5.30. The Morgan fingerprint density at radius 3 is 2.81 bits per heavy atom. The van der Waals surface area contributed by atoms with Crippen molar-refractivity contribution in [1.29, 1.82) is 0 Å². The molecule has 16 heavy (non-hydrogen) atoms. The van der Waals surface area contributed by atoms with E-state index in [4.69, 9.17) is 10.5 Å². The van der Waals surface area contributed by atoms with E-state index in [2.05, 4.69) is 19.1 Å². The Hall–Kier alpha value is -1.02. The van der Waals surface area contributed by atoms with Crippen LogP contribution >= 0.6 is 0 Å². The lowest BCUT2D eigenvalue weighted by Gasteiger charge is -2.15. The Bertz CT molecular complexity index is 331. The Balaban J connectivity index is 2.03. The van der Waals surface area contributed by atoms with Crippen molar-refractivity contribution in [2.24, 2.45) is 5.73 Å². The van der Waals surface area contributed by atoms with Gasteiger partial charge in [-0.3, -0.25) is 0 Å². The van der Waals surface area contributed by atoms with Crippen LogP contribution in [0, 0.1) is 0 Å². The second kappa shape index (κ2) is 5.35. The molecule has 0 heterocycles. The molecule has 0 radical (unpaired) electrons. The van der Waals surface area contributed by atoms with Crippen LogP contribution in [-0.2, 0) is 0 Å². The zero-order chi connectivity index (χ0) is 11.4. The Kier molecular flexibility index (Phi) is 3.83. The summed E-state index contributed by atoms with van der Waals surface area (Å²) in [6, 6.07) is 8.37. The van der Waals surface area contributed by atoms with Gasteiger partial charge in [0.25, 0.3) is 0 Å². The van der Waals surface area contributed by atoms with Gasteiger partial charge in [0, 0.05) is 6.04 Å². The van der Waals surface area contributed by atoms with Gasteiger partial charge in [0.1, 0.15) is 5.75 Å². The second-order valence-corrected chi connectivity index (χ2v) is 4.61. The summed E-state index contributed by atoms with van der Waals surface area (Å²) in [6.45, 7) is 2.11. The fourth-order valence-corrected chi connectivity index (χ4v) is 2.25. The van der Waals surface area contributed by atoms with E-state index in [1.165, 1.54) is 31.2 Å². The van der Waals surface area contributed by atoms with Gasteiger partial charge >= 0.3 is 0 Å². The summed E-state index contributed by atoms with van der Waals surface area (Å²) in [6.07, 6.45) is 6.40. The van der Waals surface area contributed by atoms with Crippen molar-refractivity contribution in [1.82, 2.24) is 0 Å². The van der Waals surface area contributed by atoms with Gasteiger partial charge in [-0.1, -0.05) is 19.1 Å². The first-order valence-corrected chi connectivity index (χ1v) is 6.32. The van der Waals surface area contributed by atoms with E-state index in [9.17, 15) is 0 Å². The normalized spacial score (nSPS) is 18.6. The van der Waals surface area contributed by atoms with Crippen LogP contribution in [0.3, 0.4) is 0 Å². The highest BCUT2D eigenvalue weighted by atomic mass is 16.5. The van der Waals surface area contributed by atoms with Crippen molar-refractivity contribution in [2.45, 2.75) is 51.2 Å². The van der Waals surface area contributed by atoms with E-state index in [0.29, 0.717) is 6.10 Å². The molecular weight excluding hydrogens is 198 g/mol. The van der Waals surface area contributed by atoms with E-state index in [1.54, 1.807) is 0 Å². The van der Waals surface area contributed by atoms with Crippen LogP contribution in [0.15, 0.2) is 24.3 Å². The summed E-state index contributed by atoms with van der Waals surface area (Å²) in [7, 11) is 0. The summed E-state index contributed by atoms with van der Waals surface area (Å²) in [5.74, 6) is 0.980. The van der Waals surface area contributed by atoms with Gasteiger partial charge in [-0.25, -0.2) is 0 Å². The monoisotopic (exact) mass is 219 g/mol. The highest BCUT2D eigenvalue weighted by Crippen LogP contribution is 2.26. The maximum absolute atomic E-state index is 6.02. The van der Waals surface area contributed by atoms with Crippen molar-refractivity contribution >= 4 is 0 Å². The molecule has 2 N–H and O–H groups in total. The zero-order valence-corrected chi connectivity index (χ0v) is 9.99. The molecular formula is C14H21NO. The number of ether oxygens (including phenoxy) is 1. The summed E-state index contributed by atoms with van der Waals surface area (Å²) in [5.41, 5.74) is 7.19.